The first-order chi connectivity index (χ1) is 10.1. The summed E-state index contributed by atoms with van der Waals surface area (Å²) in [6.07, 6.45) is 2.90. The molecule has 0 heterocycles. The van der Waals surface area contributed by atoms with E-state index in [0.29, 0.717) is 31.0 Å². The van der Waals surface area contributed by atoms with Crippen LogP contribution in [0.5, 0.6) is 0 Å². The van der Waals surface area contributed by atoms with E-state index in [1.54, 1.807) is 0 Å². The van der Waals surface area contributed by atoms with Crippen molar-refractivity contribution in [2.45, 2.75) is 32.6 Å². The molecule has 1 aromatic carbocycles. The molecule has 0 radical (unpaired) electrons. The number of amides is 2. The first-order valence-electron chi connectivity index (χ1n) is 7.39. The lowest BCUT2D eigenvalue weighted by Gasteiger charge is -2.15. The molecule has 114 valence electrons. The summed E-state index contributed by atoms with van der Waals surface area (Å²) in [5.41, 5.74) is 0.301. The fourth-order valence-corrected chi connectivity index (χ4v) is 2.36. The minimum atomic E-state index is -0.810. The molecular formula is C16H21ClN2O2. The van der Waals surface area contributed by atoms with Crippen molar-refractivity contribution >= 4 is 23.4 Å². The lowest BCUT2D eigenvalue weighted by Crippen LogP contribution is -2.43. The Kier molecular flexibility index (Phi) is 5.23. The quantitative estimate of drug-likeness (QED) is 0.759. The van der Waals surface area contributed by atoms with E-state index in [1.807, 2.05) is 31.2 Å². The predicted molar refractivity (Wildman–Crippen MR) is 83.1 cm³/mol. The summed E-state index contributed by atoms with van der Waals surface area (Å²) in [5, 5.41) is 6.39. The summed E-state index contributed by atoms with van der Waals surface area (Å²) in [5.74, 6) is -0.279. The molecule has 2 rings (SSSR count). The maximum Gasteiger partial charge on any atom is 0.235 e. The van der Waals surface area contributed by atoms with Crippen LogP contribution in [-0.4, -0.2) is 24.9 Å². The smallest absolute Gasteiger partial charge is 0.235 e. The van der Waals surface area contributed by atoms with Crippen molar-refractivity contribution in [1.29, 1.82) is 0 Å². The van der Waals surface area contributed by atoms with Gasteiger partial charge in [-0.05, 0) is 43.4 Å². The summed E-state index contributed by atoms with van der Waals surface area (Å²) in [7, 11) is 0. The van der Waals surface area contributed by atoms with Gasteiger partial charge in [0.05, 0.1) is 0 Å². The van der Waals surface area contributed by atoms with Crippen LogP contribution in [0.4, 0.5) is 0 Å². The van der Waals surface area contributed by atoms with Gasteiger partial charge >= 0.3 is 0 Å². The van der Waals surface area contributed by atoms with Crippen molar-refractivity contribution in [1.82, 2.24) is 10.6 Å². The van der Waals surface area contributed by atoms with Crippen LogP contribution in [0.2, 0.25) is 5.02 Å². The molecule has 0 spiro atoms. The van der Waals surface area contributed by atoms with Gasteiger partial charge in [0.1, 0.15) is 5.41 Å². The van der Waals surface area contributed by atoms with E-state index in [1.165, 1.54) is 0 Å². The summed E-state index contributed by atoms with van der Waals surface area (Å²) in [4.78, 5) is 24.2. The van der Waals surface area contributed by atoms with Crippen molar-refractivity contribution in [3.63, 3.8) is 0 Å². The van der Waals surface area contributed by atoms with E-state index < -0.39 is 5.41 Å². The third-order valence-corrected chi connectivity index (χ3v) is 4.02. The molecule has 1 aliphatic rings. The van der Waals surface area contributed by atoms with E-state index in [2.05, 4.69) is 10.6 Å². The number of halogens is 1. The predicted octanol–water partition coefficient (Wildman–Crippen LogP) is 2.31. The fourth-order valence-electron chi connectivity index (χ4n) is 2.23. The average Bonchev–Trinajstić information content (AvgIpc) is 3.28. The minimum Gasteiger partial charge on any atom is -0.355 e. The minimum absolute atomic E-state index is 0.131. The van der Waals surface area contributed by atoms with Gasteiger partial charge in [-0.25, -0.2) is 0 Å². The van der Waals surface area contributed by atoms with E-state index in [-0.39, 0.29) is 11.8 Å². The number of rotatable bonds is 7. The lowest BCUT2D eigenvalue weighted by atomic mass is 10.0. The van der Waals surface area contributed by atoms with Crippen LogP contribution in [0.1, 0.15) is 31.7 Å². The molecule has 4 nitrogen and oxygen atoms in total. The van der Waals surface area contributed by atoms with Crippen LogP contribution >= 0.6 is 11.6 Å². The zero-order valence-corrected chi connectivity index (χ0v) is 13.0. The van der Waals surface area contributed by atoms with Crippen LogP contribution in [0.25, 0.3) is 0 Å². The summed E-state index contributed by atoms with van der Waals surface area (Å²) in [6.45, 7) is 3.15. The Balaban J connectivity index is 1.79. The molecule has 2 amide bonds. The molecule has 0 unspecified atom stereocenters. The van der Waals surface area contributed by atoms with Crippen LogP contribution in [-0.2, 0) is 16.0 Å². The molecular weight excluding hydrogens is 288 g/mol. The third kappa shape index (κ3) is 3.97. The molecule has 0 aliphatic heterocycles. The topological polar surface area (TPSA) is 58.2 Å². The summed E-state index contributed by atoms with van der Waals surface area (Å²) < 4.78 is 0. The molecule has 21 heavy (non-hydrogen) atoms. The number of nitrogens with one attached hydrogen (secondary N) is 2. The maximum atomic E-state index is 12.2. The Morgan fingerprint density at radius 1 is 1.10 bits per heavy atom. The second-order valence-corrected chi connectivity index (χ2v) is 5.91. The van der Waals surface area contributed by atoms with Gasteiger partial charge < -0.3 is 10.6 Å². The Bertz CT molecular complexity index is 510. The Hall–Kier alpha value is -1.55. The average molecular weight is 309 g/mol. The van der Waals surface area contributed by atoms with Crippen molar-refractivity contribution in [3.8, 4) is 0 Å². The zero-order chi connectivity index (χ0) is 15.3. The van der Waals surface area contributed by atoms with Gasteiger partial charge in [0.2, 0.25) is 11.8 Å². The first-order valence-corrected chi connectivity index (χ1v) is 7.77. The third-order valence-electron chi connectivity index (χ3n) is 3.77. The Morgan fingerprint density at radius 2 is 1.67 bits per heavy atom. The largest absolute Gasteiger partial charge is 0.355 e. The maximum absolute atomic E-state index is 12.2. The van der Waals surface area contributed by atoms with Gasteiger partial charge in [-0.1, -0.05) is 30.7 Å². The highest BCUT2D eigenvalue weighted by atomic mass is 35.5. The van der Waals surface area contributed by atoms with Gasteiger partial charge in [-0.3, -0.25) is 9.59 Å². The molecule has 2 N–H and O–H groups in total. The highest BCUT2D eigenvalue weighted by Crippen LogP contribution is 2.46. The van der Waals surface area contributed by atoms with E-state index in [9.17, 15) is 9.59 Å². The summed E-state index contributed by atoms with van der Waals surface area (Å²) >= 11 is 5.83. The number of carbonyl (C=O) groups is 2. The van der Waals surface area contributed by atoms with E-state index in [0.717, 1.165) is 18.4 Å². The molecule has 0 aromatic heterocycles. The van der Waals surface area contributed by atoms with Crippen molar-refractivity contribution in [2.24, 2.45) is 5.41 Å². The molecule has 0 bridgehead atoms. The van der Waals surface area contributed by atoms with Crippen LogP contribution in [0, 0.1) is 5.41 Å². The van der Waals surface area contributed by atoms with Crippen molar-refractivity contribution in [3.05, 3.63) is 34.9 Å². The molecule has 1 aromatic rings. The standard InChI is InChI=1S/C16H21ClN2O2/c1-2-10-18-14(20)16(8-9-16)15(21)19-11-7-12-3-5-13(17)6-4-12/h3-6H,2,7-11H2,1H3,(H,18,20)(H,19,21). The molecule has 1 saturated carbocycles. The van der Waals surface area contributed by atoms with Crippen molar-refractivity contribution in [2.75, 3.05) is 13.1 Å². The molecule has 1 aliphatic carbocycles. The van der Waals surface area contributed by atoms with Crippen LogP contribution in [0.3, 0.4) is 0 Å². The Morgan fingerprint density at radius 3 is 2.19 bits per heavy atom. The molecule has 0 atom stereocenters. The van der Waals surface area contributed by atoms with E-state index >= 15 is 0 Å². The van der Waals surface area contributed by atoms with E-state index in [4.69, 9.17) is 11.6 Å². The second-order valence-electron chi connectivity index (χ2n) is 5.47. The van der Waals surface area contributed by atoms with Gasteiger partial charge in [-0.15, -0.1) is 0 Å². The number of hydrogen-bond donors (Lipinski definition) is 2. The zero-order valence-electron chi connectivity index (χ0n) is 12.2. The lowest BCUT2D eigenvalue weighted by molar-refractivity contribution is -0.137. The number of benzene rings is 1. The molecule has 1 fully saturated rings. The second kappa shape index (κ2) is 6.94. The van der Waals surface area contributed by atoms with Crippen molar-refractivity contribution < 1.29 is 9.59 Å². The Labute approximate surface area is 130 Å². The van der Waals surface area contributed by atoms with Gasteiger partial charge in [0.15, 0.2) is 0 Å². The molecule has 0 saturated heterocycles. The number of carbonyl (C=O) groups excluding carboxylic acids is 2. The van der Waals surface area contributed by atoms with Gasteiger partial charge in [-0.2, -0.15) is 0 Å². The number of hydrogen-bond acceptors (Lipinski definition) is 2. The highest BCUT2D eigenvalue weighted by Gasteiger charge is 2.56. The van der Waals surface area contributed by atoms with Gasteiger partial charge in [0, 0.05) is 18.1 Å². The highest BCUT2D eigenvalue weighted by molar-refractivity contribution is 6.30. The van der Waals surface area contributed by atoms with Crippen LogP contribution < -0.4 is 10.6 Å². The normalized spacial score (nSPS) is 15.3. The van der Waals surface area contributed by atoms with Gasteiger partial charge in [0.25, 0.3) is 0 Å². The van der Waals surface area contributed by atoms with Crippen LogP contribution in [0.15, 0.2) is 24.3 Å². The molecule has 5 heteroatoms. The monoisotopic (exact) mass is 308 g/mol. The fraction of sp³-hybridized carbons (Fsp3) is 0.500. The SMILES string of the molecule is CCCNC(=O)C1(C(=O)NCCc2ccc(Cl)cc2)CC1. The first kappa shape index (κ1) is 15.8. The summed E-state index contributed by atoms with van der Waals surface area (Å²) in [6, 6.07) is 7.54.